The first-order chi connectivity index (χ1) is 16.6. The molecule has 0 radical (unpaired) electrons. The first-order valence-corrected chi connectivity index (χ1v) is 10.8. The van der Waals surface area contributed by atoms with E-state index >= 15 is 0 Å². The lowest BCUT2D eigenvalue weighted by molar-refractivity contribution is -0.130. The molecule has 0 saturated heterocycles. The molecule has 1 atom stereocenters. The van der Waals surface area contributed by atoms with Crippen molar-refractivity contribution in [2.24, 2.45) is 0 Å². The van der Waals surface area contributed by atoms with E-state index in [0.717, 1.165) is 11.1 Å². The van der Waals surface area contributed by atoms with Crippen molar-refractivity contribution in [1.82, 2.24) is 9.88 Å². The largest absolute Gasteiger partial charge is 0.503 e. The summed E-state index contributed by atoms with van der Waals surface area (Å²) in [5.74, 6) is -0.932. The van der Waals surface area contributed by atoms with Gasteiger partial charge in [0.25, 0.3) is 5.91 Å². The molecule has 1 N–H and O–H groups in total. The number of aromatic nitrogens is 1. The molecule has 0 bridgehead atoms. The first-order valence-electron chi connectivity index (χ1n) is 10.8. The number of aliphatic hydroxyl groups is 1. The van der Waals surface area contributed by atoms with E-state index < -0.39 is 23.5 Å². The van der Waals surface area contributed by atoms with Crippen LogP contribution in [0.1, 0.15) is 22.7 Å². The van der Waals surface area contributed by atoms with Crippen LogP contribution in [0.5, 0.6) is 5.75 Å². The average molecular weight is 453 g/mol. The maximum absolute atomic E-state index is 13.2. The van der Waals surface area contributed by atoms with Crippen LogP contribution in [-0.2, 0) is 16.1 Å². The Morgan fingerprint density at radius 3 is 2.53 bits per heavy atom. The molecule has 4 rings (SSSR count). The summed E-state index contributed by atoms with van der Waals surface area (Å²) in [6, 6.07) is 19.3. The van der Waals surface area contributed by atoms with Crippen molar-refractivity contribution < 1.29 is 19.4 Å². The maximum atomic E-state index is 13.2. The smallest absolute Gasteiger partial charge is 0.290 e. The Bertz CT molecular complexity index is 1230. The quantitative estimate of drug-likeness (QED) is 0.372. The van der Waals surface area contributed by atoms with E-state index in [1.807, 2.05) is 36.4 Å². The molecular formula is C28H24N2O4. The summed E-state index contributed by atoms with van der Waals surface area (Å²) in [5.41, 5.74) is 2.35. The molecule has 0 saturated carbocycles. The van der Waals surface area contributed by atoms with Crippen molar-refractivity contribution in [2.45, 2.75) is 12.6 Å². The van der Waals surface area contributed by atoms with Crippen molar-refractivity contribution in [3.8, 4) is 5.75 Å². The Morgan fingerprint density at radius 2 is 1.85 bits per heavy atom. The number of benzene rings is 2. The lowest BCUT2D eigenvalue weighted by Gasteiger charge is -2.26. The summed E-state index contributed by atoms with van der Waals surface area (Å²) >= 11 is 0. The van der Waals surface area contributed by atoms with Crippen LogP contribution in [0.4, 0.5) is 0 Å². The highest BCUT2D eigenvalue weighted by molar-refractivity contribution is 6.14. The average Bonchev–Trinajstić information content (AvgIpc) is 3.12. The van der Waals surface area contributed by atoms with Crippen LogP contribution >= 0.6 is 0 Å². The van der Waals surface area contributed by atoms with Gasteiger partial charge in [0.2, 0.25) is 0 Å². The number of aliphatic hydroxyl groups excluding tert-OH is 1. The van der Waals surface area contributed by atoms with Crippen LogP contribution in [0.25, 0.3) is 6.08 Å². The van der Waals surface area contributed by atoms with E-state index in [4.69, 9.17) is 4.74 Å². The summed E-state index contributed by atoms with van der Waals surface area (Å²) in [6.45, 7) is 4.19. The molecule has 6 nitrogen and oxygen atoms in total. The lowest BCUT2D eigenvalue weighted by atomic mass is 9.95. The van der Waals surface area contributed by atoms with E-state index in [-0.39, 0.29) is 12.1 Å². The summed E-state index contributed by atoms with van der Waals surface area (Å²) in [7, 11) is 0. The van der Waals surface area contributed by atoms with Crippen molar-refractivity contribution in [2.75, 3.05) is 6.61 Å². The zero-order valence-electron chi connectivity index (χ0n) is 18.5. The van der Waals surface area contributed by atoms with Gasteiger partial charge < -0.3 is 14.7 Å². The van der Waals surface area contributed by atoms with Crippen LogP contribution in [0.2, 0.25) is 0 Å². The van der Waals surface area contributed by atoms with Crippen LogP contribution < -0.4 is 4.74 Å². The molecule has 170 valence electrons. The highest BCUT2D eigenvalue weighted by Crippen LogP contribution is 2.39. The van der Waals surface area contributed by atoms with E-state index in [0.29, 0.717) is 17.9 Å². The lowest BCUT2D eigenvalue weighted by Crippen LogP contribution is -2.30. The third-order valence-electron chi connectivity index (χ3n) is 5.44. The van der Waals surface area contributed by atoms with Gasteiger partial charge in [0, 0.05) is 18.9 Å². The molecule has 0 fully saturated rings. The van der Waals surface area contributed by atoms with Gasteiger partial charge in [0.15, 0.2) is 11.5 Å². The Balaban J connectivity index is 1.69. The number of pyridine rings is 1. The third-order valence-corrected chi connectivity index (χ3v) is 5.44. The van der Waals surface area contributed by atoms with E-state index in [1.54, 1.807) is 54.9 Å². The predicted molar refractivity (Wildman–Crippen MR) is 130 cm³/mol. The third kappa shape index (κ3) is 4.96. The van der Waals surface area contributed by atoms with Crippen LogP contribution in [0.3, 0.4) is 0 Å². The predicted octanol–water partition coefficient (Wildman–Crippen LogP) is 4.82. The van der Waals surface area contributed by atoms with E-state index in [2.05, 4.69) is 11.6 Å². The number of nitrogens with zero attached hydrogens (tertiary/aromatic N) is 2. The fourth-order valence-electron chi connectivity index (χ4n) is 3.83. The molecule has 3 aromatic rings. The molecule has 34 heavy (non-hydrogen) atoms. The van der Waals surface area contributed by atoms with Crippen molar-refractivity contribution in [3.05, 3.63) is 126 Å². The van der Waals surface area contributed by atoms with Gasteiger partial charge >= 0.3 is 0 Å². The minimum atomic E-state index is -0.755. The van der Waals surface area contributed by atoms with Gasteiger partial charge in [-0.3, -0.25) is 14.6 Å². The minimum absolute atomic E-state index is 0.0424. The monoisotopic (exact) mass is 452 g/mol. The first kappa shape index (κ1) is 22.7. The van der Waals surface area contributed by atoms with Gasteiger partial charge in [-0.15, -0.1) is 0 Å². The second-order valence-corrected chi connectivity index (χ2v) is 7.74. The molecule has 1 amide bonds. The van der Waals surface area contributed by atoms with Crippen LogP contribution in [0, 0.1) is 0 Å². The van der Waals surface area contributed by atoms with E-state index in [1.165, 1.54) is 11.0 Å². The fraction of sp³-hybridized carbons (Fsp3) is 0.107. The van der Waals surface area contributed by atoms with Gasteiger partial charge in [-0.05, 0) is 41.0 Å². The second-order valence-electron chi connectivity index (χ2n) is 7.74. The number of hydrogen-bond donors (Lipinski definition) is 1. The highest BCUT2D eigenvalue weighted by atomic mass is 16.5. The Labute approximate surface area is 198 Å². The Morgan fingerprint density at radius 1 is 1.09 bits per heavy atom. The molecule has 0 aliphatic carbocycles. The zero-order valence-corrected chi connectivity index (χ0v) is 18.5. The molecule has 6 heteroatoms. The number of carbonyl (C=O) groups is 2. The minimum Gasteiger partial charge on any atom is -0.503 e. The summed E-state index contributed by atoms with van der Waals surface area (Å²) in [4.78, 5) is 31.9. The number of hydrogen-bond acceptors (Lipinski definition) is 5. The summed E-state index contributed by atoms with van der Waals surface area (Å²) in [6.07, 6.45) is 8.00. The summed E-state index contributed by atoms with van der Waals surface area (Å²) in [5, 5.41) is 10.8. The number of ether oxygens (including phenoxy) is 1. The van der Waals surface area contributed by atoms with E-state index in [9.17, 15) is 14.7 Å². The molecular weight excluding hydrogens is 428 g/mol. The number of rotatable bonds is 9. The Hall–Kier alpha value is -4.45. The van der Waals surface area contributed by atoms with Gasteiger partial charge in [-0.1, -0.05) is 67.3 Å². The molecule has 1 aliphatic rings. The number of carbonyl (C=O) groups excluding carboxylic acids is 2. The number of ketones is 1. The molecule has 1 aliphatic heterocycles. The van der Waals surface area contributed by atoms with Crippen molar-refractivity contribution in [1.29, 1.82) is 0 Å². The Kier molecular flexibility index (Phi) is 6.98. The molecule has 2 aromatic carbocycles. The highest BCUT2D eigenvalue weighted by Gasteiger charge is 2.42. The fourth-order valence-corrected chi connectivity index (χ4v) is 3.83. The molecule has 1 aromatic heterocycles. The molecule has 1 unspecified atom stereocenters. The standard InChI is InChI=1S/C28H24N2O4/c1-2-17-34-23-13-11-22(12-14-23)26-25(24(31)15-10-20-7-4-3-5-8-20)27(32)28(33)30(26)19-21-9-6-16-29-18-21/h2-16,18,26,32H,1,17,19H2. The molecule has 0 spiro atoms. The number of amides is 1. The van der Waals surface area contributed by atoms with Crippen LogP contribution in [0.15, 0.2) is 109 Å². The zero-order chi connectivity index (χ0) is 23.9. The topological polar surface area (TPSA) is 79.7 Å². The molecule has 2 heterocycles. The van der Waals surface area contributed by atoms with Gasteiger partial charge in [-0.25, -0.2) is 0 Å². The van der Waals surface area contributed by atoms with Gasteiger partial charge in [-0.2, -0.15) is 0 Å². The normalized spacial score (nSPS) is 15.7. The van der Waals surface area contributed by atoms with Gasteiger partial charge in [0.1, 0.15) is 12.4 Å². The van der Waals surface area contributed by atoms with Crippen LogP contribution in [-0.4, -0.2) is 33.3 Å². The second kappa shape index (κ2) is 10.4. The van der Waals surface area contributed by atoms with Crippen molar-refractivity contribution >= 4 is 17.8 Å². The van der Waals surface area contributed by atoms with Gasteiger partial charge in [0.05, 0.1) is 11.6 Å². The maximum Gasteiger partial charge on any atom is 0.290 e. The number of allylic oxidation sites excluding steroid dienone is 1. The SMILES string of the molecule is C=CCOc1ccc(C2C(C(=O)C=Cc3ccccc3)=C(O)C(=O)N2Cc2cccnc2)cc1. The summed E-state index contributed by atoms with van der Waals surface area (Å²) < 4.78 is 5.55. The van der Waals surface area contributed by atoms with Crippen molar-refractivity contribution in [3.63, 3.8) is 0 Å².